The van der Waals surface area contributed by atoms with E-state index in [1.54, 1.807) is 26.0 Å². The number of nitrogens with one attached hydrogen (secondary N) is 4. The lowest BCUT2D eigenvalue weighted by atomic mass is 10.1. The number of hydrogen-bond donors (Lipinski definition) is 4. The van der Waals surface area contributed by atoms with Crippen LogP contribution in [0.25, 0.3) is 0 Å². The first-order valence-electron chi connectivity index (χ1n) is 9.04. The van der Waals surface area contributed by atoms with Gasteiger partial charge in [0, 0.05) is 18.6 Å². The van der Waals surface area contributed by atoms with Crippen LogP contribution in [0.15, 0.2) is 24.3 Å². The molecule has 0 fully saturated rings. The van der Waals surface area contributed by atoms with Crippen LogP contribution >= 0.6 is 0 Å². The molecule has 1 rings (SSSR count). The van der Waals surface area contributed by atoms with E-state index >= 15 is 0 Å². The molecule has 28 heavy (non-hydrogen) atoms. The largest absolute Gasteiger partial charge is 0.449 e. The predicted molar refractivity (Wildman–Crippen MR) is 104 cm³/mol. The van der Waals surface area contributed by atoms with Gasteiger partial charge in [-0.2, -0.15) is 0 Å². The molecule has 0 aliphatic rings. The molecule has 0 aromatic heterocycles. The Kier molecular flexibility index (Phi) is 8.94. The van der Waals surface area contributed by atoms with Crippen molar-refractivity contribution < 1.29 is 23.9 Å². The number of benzene rings is 1. The summed E-state index contributed by atoms with van der Waals surface area (Å²) in [5.74, 6) is -1.41. The Morgan fingerprint density at radius 3 is 1.93 bits per heavy atom. The molecule has 0 radical (unpaired) electrons. The van der Waals surface area contributed by atoms with Gasteiger partial charge in [0.25, 0.3) is 5.91 Å². The molecule has 0 saturated carbocycles. The zero-order valence-corrected chi connectivity index (χ0v) is 16.8. The number of imide groups is 1. The first-order valence-corrected chi connectivity index (χ1v) is 9.04. The quantitative estimate of drug-likeness (QED) is 0.525. The molecule has 0 bridgehead atoms. The highest BCUT2D eigenvalue weighted by atomic mass is 16.5. The summed E-state index contributed by atoms with van der Waals surface area (Å²) in [6.07, 6.45) is -1.13. The number of rotatable bonds is 7. The molecular formula is C19H28N4O5. The highest BCUT2D eigenvalue weighted by Gasteiger charge is 2.21. The van der Waals surface area contributed by atoms with Crippen LogP contribution < -0.4 is 21.3 Å². The molecule has 0 saturated heterocycles. The Bertz CT molecular complexity index is 701. The summed E-state index contributed by atoms with van der Waals surface area (Å²) in [5.41, 5.74) is 1.05. The second-order valence-corrected chi connectivity index (χ2v) is 6.84. The maximum absolute atomic E-state index is 12.1. The van der Waals surface area contributed by atoms with Gasteiger partial charge in [-0.3, -0.25) is 10.1 Å². The minimum atomic E-state index is -1.13. The number of carbonyl (C=O) groups excluding carboxylic acids is 4. The van der Waals surface area contributed by atoms with Gasteiger partial charge in [-0.1, -0.05) is 12.1 Å². The van der Waals surface area contributed by atoms with E-state index in [1.807, 2.05) is 13.8 Å². The zero-order chi connectivity index (χ0) is 21.3. The Morgan fingerprint density at radius 1 is 0.857 bits per heavy atom. The molecule has 9 heteroatoms. The van der Waals surface area contributed by atoms with Crippen LogP contribution in [0, 0.1) is 0 Å². The molecule has 0 heterocycles. The molecule has 1 unspecified atom stereocenters. The summed E-state index contributed by atoms with van der Waals surface area (Å²) >= 11 is 0. The van der Waals surface area contributed by atoms with Crippen LogP contribution in [-0.2, 0) is 16.1 Å². The third-order valence-corrected chi connectivity index (χ3v) is 3.37. The lowest BCUT2D eigenvalue weighted by Crippen LogP contribution is -2.46. The Balaban J connectivity index is 2.52. The second-order valence-electron chi connectivity index (χ2n) is 6.84. The van der Waals surface area contributed by atoms with Crippen molar-refractivity contribution in [1.82, 2.24) is 21.3 Å². The van der Waals surface area contributed by atoms with Crippen LogP contribution in [0.3, 0.4) is 0 Å². The van der Waals surface area contributed by atoms with Gasteiger partial charge in [0.05, 0.1) is 5.56 Å². The van der Waals surface area contributed by atoms with Gasteiger partial charge in [-0.25, -0.2) is 14.4 Å². The van der Waals surface area contributed by atoms with Crippen molar-refractivity contribution in [2.75, 3.05) is 0 Å². The fourth-order valence-corrected chi connectivity index (χ4v) is 2.05. The van der Waals surface area contributed by atoms with Crippen molar-refractivity contribution in [1.29, 1.82) is 0 Å². The average molecular weight is 392 g/mol. The molecule has 0 aliphatic carbocycles. The minimum Gasteiger partial charge on any atom is -0.449 e. The average Bonchev–Trinajstić information content (AvgIpc) is 2.58. The molecule has 9 nitrogen and oxygen atoms in total. The predicted octanol–water partition coefficient (Wildman–Crippen LogP) is 1.67. The van der Waals surface area contributed by atoms with Crippen molar-refractivity contribution in [2.45, 2.75) is 59.4 Å². The first kappa shape index (κ1) is 22.9. The van der Waals surface area contributed by atoms with E-state index in [4.69, 9.17) is 4.74 Å². The molecule has 0 spiro atoms. The van der Waals surface area contributed by atoms with Gasteiger partial charge in [0.1, 0.15) is 0 Å². The van der Waals surface area contributed by atoms with Crippen LogP contribution in [0.2, 0.25) is 0 Å². The summed E-state index contributed by atoms with van der Waals surface area (Å²) in [7, 11) is 0. The first-order chi connectivity index (χ1) is 13.1. The highest BCUT2D eigenvalue weighted by Crippen LogP contribution is 2.08. The Morgan fingerprint density at radius 2 is 1.39 bits per heavy atom. The van der Waals surface area contributed by atoms with Crippen molar-refractivity contribution in [2.24, 2.45) is 0 Å². The standard InChI is InChI=1S/C19H28N4O5/c1-11(2)21-18(26)20-10-14-6-8-15(9-7-14)17(25)28-13(5)16(24)23-19(27)22-12(3)4/h6-9,11-13H,10H2,1-5H3,(H2,20,21,26)(H2,22,23,24,27). The number of amides is 5. The smallest absolute Gasteiger partial charge is 0.338 e. The lowest BCUT2D eigenvalue weighted by Gasteiger charge is -2.14. The van der Waals surface area contributed by atoms with E-state index in [1.165, 1.54) is 19.1 Å². The van der Waals surface area contributed by atoms with E-state index in [-0.39, 0.29) is 23.7 Å². The third kappa shape index (κ3) is 8.52. The SMILES string of the molecule is CC(C)NC(=O)NCc1ccc(C(=O)OC(C)C(=O)NC(=O)NC(C)C)cc1. The van der Waals surface area contributed by atoms with Crippen LogP contribution in [0.1, 0.15) is 50.5 Å². The van der Waals surface area contributed by atoms with Crippen molar-refractivity contribution >= 4 is 23.9 Å². The van der Waals surface area contributed by atoms with Gasteiger partial charge >= 0.3 is 18.0 Å². The van der Waals surface area contributed by atoms with Gasteiger partial charge in [0.15, 0.2) is 6.10 Å². The van der Waals surface area contributed by atoms with E-state index in [9.17, 15) is 19.2 Å². The van der Waals surface area contributed by atoms with E-state index in [0.717, 1.165) is 5.56 Å². The lowest BCUT2D eigenvalue weighted by molar-refractivity contribution is -0.127. The summed E-state index contributed by atoms with van der Waals surface area (Å²) in [4.78, 5) is 47.1. The third-order valence-electron chi connectivity index (χ3n) is 3.37. The van der Waals surface area contributed by atoms with E-state index < -0.39 is 24.0 Å². The molecule has 5 amide bonds. The highest BCUT2D eigenvalue weighted by molar-refractivity contribution is 5.98. The van der Waals surface area contributed by atoms with E-state index in [0.29, 0.717) is 6.54 Å². The molecule has 154 valence electrons. The second kappa shape index (κ2) is 10.9. The summed E-state index contributed by atoms with van der Waals surface area (Å²) in [6.45, 7) is 8.90. The van der Waals surface area contributed by atoms with Gasteiger partial charge < -0.3 is 20.7 Å². The molecular weight excluding hydrogens is 364 g/mol. The number of ether oxygens (including phenoxy) is 1. The summed E-state index contributed by atoms with van der Waals surface area (Å²) < 4.78 is 5.08. The molecule has 1 aromatic rings. The van der Waals surface area contributed by atoms with Gasteiger partial charge in [-0.05, 0) is 52.3 Å². The fraction of sp³-hybridized carbons (Fsp3) is 0.474. The molecule has 1 aromatic carbocycles. The molecule has 1 atom stereocenters. The summed E-state index contributed by atoms with van der Waals surface area (Å²) in [6, 6.07) is 5.40. The number of urea groups is 2. The van der Waals surface area contributed by atoms with E-state index in [2.05, 4.69) is 21.3 Å². The number of esters is 1. The normalized spacial score (nSPS) is 11.5. The minimum absolute atomic E-state index is 0.0350. The van der Waals surface area contributed by atoms with Gasteiger partial charge in [-0.15, -0.1) is 0 Å². The zero-order valence-electron chi connectivity index (χ0n) is 16.8. The van der Waals surface area contributed by atoms with Crippen molar-refractivity contribution in [3.05, 3.63) is 35.4 Å². The van der Waals surface area contributed by atoms with Crippen molar-refractivity contribution in [3.63, 3.8) is 0 Å². The number of hydrogen-bond acceptors (Lipinski definition) is 5. The Labute approximate surface area is 164 Å². The van der Waals surface area contributed by atoms with Crippen LogP contribution in [0.4, 0.5) is 9.59 Å². The van der Waals surface area contributed by atoms with Crippen LogP contribution in [0.5, 0.6) is 0 Å². The molecule has 0 aliphatic heterocycles. The summed E-state index contributed by atoms with van der Waals surface area (Å²) in [5, 5.41) is 10.0. The fourth-order valence-electron chi connectivity index (χ4n) is 2.05. The number of carbonyl (C=O) groups is 4. The molecule has 4 N–H and O–H groups in total. The Hall–Kier alpha value is -3.10. The van der Waals surface area contributed by atoms with Crippen molar-refractivity contribution in [3.8, 4) is 0 Å². The maximum Gasteiger partial charge on any atom is 0.338 e. The van der Waals surface area contributed by atoms with Gasteiger partial charge in [0.2, 0.25) is 0 Å². The maximum atomic E-state index is 12.1. The van der Waals surface area contributed by atoms with Crippen LogP contribution in [-0.4, -0.2) is 42.1 Å². The topological polar surface area (TPSA) is 126 Å². The monoisotopic (exact) mass is 392 g/mol.